The molecule has 5 nitrogen and oxygen atoms in total. The molecule has 1 atom stereocenters. The molecule has 1 unspecified atom stereocenters. The molecule has 0 saturated carbocycles. The van der Waals surface area contributed by atoms with Crippen LogP contribution in [0.5, 0.6) is 11.5 Å². The predicted molar refractivity (Wildman–Crippen MR) is 74.5 cm³/mol. The number of fused-ring (bicyclic) bond motifs is 1. The summed E-state index contributed by atoms with van der Waals surface area (Å²) in [5, 5.41) is 0. The van der Waals surface area contributed by atoms with Gasteiger partial charge in [-0.25, -0.2) is 4.98 Å². The molecule has 0 amide bonds. The highest BCUT2D eigenvalue weighted by Crippen LogP contribution is 2.35. The summed E-state index contributed by atoms with van der Waals surface area (Å²) in [7, 11) is 0. The Morgan fingerprint density at radius 3 is 2.63 bits per heavy atom. The van der Waals surface area contributed by atoms with Crippen molar-refractivity contribution in [2.75, 3.05) is 13.2 Å². The summed E-state index contributed by atoms with van der Waals surface area (Å²) in [6.45, 7) is 3.16. The van der Waals surface area contributed by atoms with E-state index in [1.165, 1.54) is 0 Å². The Morgan fingerprint density at radius 1 is 1.32 bits per heavy atom. The highest BCUT2D eigenvalue weighted by Gasteiger charge is 2.20. The molecule has 0 saturated heterocycles. The quantitative estimate of drug-likeness (QED) is 0.889. The molecule has 1 aromatic heterocycles. The highest BCUT2D eigenvalue weighted by molar-refractivity contribution is 9.10. The standard InChI is InChI=1S/C13H14BrN3O2/c1-7-4-9-10(19-3-2-18-9)5-8(7)12(15)13-16-6-11(14)17-13/h4-6,12H,2-3,15H2,1H3,(H,16,17). The molecular formula is C13H14BrN3O2. The lowest BCUT2D eigenvalue weighted by Crippen LogP contribution is -2.18. The fraction of sp³-hybridized carbons (Fsp3) is 0.308. The molecule has 1 aliphatic heterocycles. The van der Waals surface area contributed by atoms with Gasteiger partial charge in [0.05, 0.1) is 12.2 Å². The minimum atomic E-state index is -0.317. The SMILES string of the molecule is Cc1cc2c(cc1C(N)c1ncc(Br)[nH]1)OCCO2. The van der Waals surface area contributed by atoms with Gasteiger partial charge in [-0.3, -0.25) is 0 Å². The normalized spacial score (nSPS) is 15.3. The number of aromatic nitrogens is 2. The number of aryl methyl sites for hydroxylation is 1. The van der Waals surface area contributed by atoms with Crippen LogP contribution in [0.3, 0.4) is 0 Å². The number of benzene rings is 1. The Kier molecular flexibility index (Phi) is 3.20. The Hall–Kier alpha value is -1.53. The van der Waals surface area contributed by atoms with Crippen molar-refractivity contribution in [2.45, 2.75) is 13.0 Å². The van der Waals surface area contributed by atoms with Crippen molar-refractivity contribution < 1.29 is 9.47 Å². The zero-order valence-electron chi connectivity index (χ0n) is 10.4. The van der Waals surface area contributed by atoms with Gasteiger partial charge < -0.3 is 20.2 Å². The lowest BCUT2D eigenvalue weighted by Gasteiger charge is -2.21. The molecule has 19 heavy (non-hydrogen) atoms. The first kappa shape index (κ1) is 12.5. The van der Waals surface area contributed by atoms with Crippen LogP contribution < -0.4 is 15.2 Å². The fourth-order valence-corrected chi connectivity index (χ4v) is 2.47. The van der Waals surface area contributed by atoms with Crippen molar-refractivity contribution in [1.29, 1.82) is 0 Å². The van der Waals surface area contributed by atoms with Crippen LogP contribution in [0.15, 0.2) is 22.9 Å². The van der Waals surface area contributed by atoms with Crippen molar-refractivity contribution >= 4 is 15.9 Å². The maximum Gasteiger partial charge on any atom is 0.161 e. The second-order valence-corrected chi connectivity index (χ2v) is 5.30. The van der Waals surface area contributed by atoms with Gasteiger partial charge in [-0.2, -0.15) is 0 Å². The third kappa shape index (κ3) is 2.33. The Bertz CT molecular complexity index is 612. The molecule has 2 heterocycles. The number of H-pyrrole nitrogens is 1. The van der Waals surface area contributed by atoms with Crippen LogP contribution in [0.25, 0.3) is 0 Å². The number of hydrogen-bond acceptors (Lipinski definition) is 4. The first-order valence-electron chi connectivity index (χ1n) is 6.01. The maximum absolute atomic E-state index is 6.25. The number of aromatic amines is 1. The van der Waals surface area contributed by atoms with E-state index in [9.17, 15) is 0 Å². The first-order valence-corrected chi connectivity index (χ1v) is 6.80. The number of imidazole rings is 1. The van der Waals surface area contributed by atoms with Crippen LogP contribution in [0.2, 0.25) is 0 Å². The van der Waals surface area contributed by atoms with E-state index < -0.39 is 0 Å². The van der Waals surface area contributed by atoms with Gasteiger partial charge >= 0.3 is 0 Å². The van der Waals surface area contributed by atoms with Crippen LogP contribution in [0.4, 0.5) is 0 Å². The van der Waals surface area contributed by atoms with Crippen LogP contribution >= 0.6 is 15.9 Å². The van der Waals surface area contributed by atoms with Crippen LogP contribution in [-0.4, -0.2) is 23.2 Å². The molecule has 0 bridgehead atoms. The summed E-state index contributed by atoms with van der Waals surface area (Å²) >= 11 is 3.33. The van der Waals surface area contributed by atoms with E-state index in [1.807, 2.05) is 19.1 Å². The van der Waals surface area contributed by atoms with E-state index >= 15 is 0 Å². The van der Waals surface area contributed by atoms with Crippen LogP contribution in [-0.2, 0) is 0 Å². The van der Waals surface area contributed by atoms with Crippen molar-refractivity contribution in [3.63, 3.8) is 0 Å². The summed E-state index contributed by atoms with van der Waals surface area (Å²) in [4.78, 5) is 7.34. The molecule has 2 aromatic rings. The second-order valence-electron chi connectivity index (χ2n) is 4.45. The van der Waals surface area contributed by atoms with E-state index in [0.717, 1.165) is 27.2 Å². The zero-order valence-corrected chi connectivity index (χ0v) is 12.0. The van der Waals surface area contributed by atoms with Gasteiger partial charge in [-0.1, -0.05) is 0 Å². The largest absolute Gasteiger partial charge is 0.486 e. The number of rotatable bonds is 2. The van der Waals surface area contributed by atoms with Gasteiger partial charge in [0.15, 0.2) is 11.5 Å². The minimum Gasteiger partial charge on any atom is -0.486 e. The number of hydrogen-bond donors (Lipinski definition) is 2. The van der Waals surface area contributed by atoms with E-state index in [2.05, 4.69) is 25.9 Å². The Labute approximate surface area is 119 Å². The number of halogens is 1. The highest BCUT2D eigenvalue weighted by atomic mass is 79.9. The first-order chi connectivity index (χ1) is 9.15. The lowest BCUT2D eigenvalue weighted by molar-refractivity contribution is 0.171. The lowest BCUT2D eigenvalue weighted by atomic mass is 10.0. The van der Waals surface area contributed by atoms with Crippen molar-refractivity contribution in [3.05, 3.63) is 39.9 Å². The van der Waals surface area contributed by atoms with E-state index in [0.29, 0.717) is 19.0 Å². The van der Waals surface area contributed by atoms with Gasteiger partial charge in [0.25, 0.3) is 0 Å². The summed E-state index contributed by atoms with van der Waals surface area (Å²) in [6, 6.07) is 3.58. The number of nitrogens with zero attached hydrogens (tertiary/aromatic N) is 1. The van der Waals surface area contributed by atoms with Gasteiger partial charge in [-0.15, -0.1) is 0 Å². The summed E-state index contributed by atoms with van der Waals surface area (Å²) in [6.07, 6.45) is 1.70. The molecule has 100 valence electrons. The average Bonchev–Trinajstić information content (AvgIpc) is 2.84. The topological polar surface area (TPSA) is 73.2 Å². The summed E-state index contributed by atoms with van der Waals surface area (Å²) in [5.74, 6) is 2.24. The molecule has 0 fully saturated rings. The molecule has 1 aliphatic rings. The molecule has 1 aromatic carbocycles. The molecule has 3 rings (SSSR count). The molecule has 0 radical (unpaired) electrons. The smallest absolute Gasteiger partial charge is 0.161 e. The summed E-state index contributed by atoms with van der Waals surface area (Å²) in [5.41, 5.74) is 8.29. The van der Waals surface area contributed by atoms with E-state index in [4.69, 9.17) is 15.2 Å². The van der Waals surface area contributed by atoms with Crippen molar-refractivity contribution in [3.8, 4) is 11.5 Å². The van der Waals surface area contributed by atoms with Crippen molar-refractivity contribution in [1.82, 2.24) is 9.97 Å². The maximum atomic E-state index is 6.25. The zero-order chi connectivity index (χ0) is 13.4. The van der Waals surface area contributed by atoms with Crippen molar-refractivity contribution in [2.24, 2.45) is 5.73 Å². The Balaban J connectivity index is 2.00. The van der Waals surface area contributed by atoms with Crippen LogP contribution in [0.1, 0.15) is 23.0 Å². The number of ether oxygens (including phenoxy) is 2. The molecule has 3 N–H and O–H groups in total. The van der Waals surface area contributed by atoms with E-state index in [1.54, 1.807) is 6.20 Å². The van der Waals surface area contributed by atoms with Gasteiger partial charge in [0, 0.05) is 0 Å². The summed E-state index contributed by atoms with van der Waals surface area (Å²) < 4.78 is 12.0. The third-order valence-electron chi connectivity index (χ3n) is 3.12. The predicted octanol–water partition coefficient (Wildman–Crippen LogP) is 2.30. The van der Waals surface area contributed by atoms with E-state index in [-0.39, 0.29) is 6.04 Å². The van der Waals surface area contributed by atoms with Gasteiger partial charge in [-0.05, 0) is 46.1 Å². The van der Waals surface area contributed by atoms with Crippen LogP contribution in [0, 0.1) is 6.92 Å². The fourth-order valence-electron chi connectivity index (χ4n) is 2.16. The molecule has 0 spiro atoms. The Morgan fingerprint density at radius 2 is 2.00 bits per heavy atom. The monoisotopic (exact) mass is 323 g/mol. The van der Waals surface area contributed by atoms with Gasteiger partial charge in [0.1, 0.15) is 23.6 Å². The number of nitrogens with two attached hydrogens (primary N) is 1. The second kappa shape index (κ2) is 4.86. The van der Waals surface area contributed by atoms with Gasteiger partial charge in [0.2, 0.25) is 0 Å². The molecule has 6 heteroatoms. The third-order valence-corrected chi connectivity index (χ3v) is 3.53. The number of nitrogens with one attached hydrogen (secondary N) is 1. The minimum absolute atomic E-state index is 0.317. The average molecular weight is 324 g/mol. The molecule has 0 aliphatic carbocycles. The molecular weight excluding hydrogens is 310 g/mol.